The molecule has 5 heteroatoms. The molecule has 4 atom stereocenters. The third-order valence-electron chi connectivity index (χ3n) is 8.69. The highest BCUT2D eigenvalue weighted by Gasteiger charge is 2.63. The molecule has 3 aliphatic rings. The van der Waals surface area contributed by atoms with E-state index >= 15 is 0 Å². The number of fused-ring (bicyclic) bond motifs is 11. The molecular weight excluding hydrogens is 464 g/mol. The van der Waals surface area contributed by atoms with E-state index in [0.717, 1.165) is 55.7 Å². The summed E-state index contributed by atoms with van der Waals surface area (Å²) in [6, 6.07) is 20.7. The fourth-order valence-corrected chi connectivity index (χ4v) is 7.15. The van der Waals surface area contributed by atoms with Crippen LogP contribution in [0.5, 0.6) is 23.0 Å². The van der Waals surface area contributed by atoms with Gasteiger partial charge < -0.3 is 23.7 Å². The largest absolute Gasteiger partial charge is 0.496 e. The zero-order valence-electron chi connectivity index (χ0n) is 22.1. The van der Waals surface area contributed by atoms with Crippen molar-refractivity contribution in [2.24, 2.45) is 11.8 Å². The molecule has 3 heterocycles. The average Bonchev–Trinajstić information content (AvgIpc) is 3.32. The fraction of sp³-hybridized carbons (Fsp3) is 0.375. The first-order chi connectivity index (χ1) is 17.7. The maximum absolute atomic E-state index is 7.12. The molecule has 7 rings (SSSR count). The van der Waals surface area contributed by atoms with Crippen molar-refractivity contribution in [1.82, 2.24) is 0 Å². The lowest BCUT2D eigenvalue weighted by Gasteiger charge is -2.49. The quantitative estimate of drug-likeness (QED) is 0.289. The molecule has 0 N–H and O–H groups in total. The van der Waals surface area contributed by atoms with Crippen LogP contribution in [0.15, 0.2) is 60.7 Å². The minimum Gasteiger partial charge on any atom is -0.496 e. The minimum atomic E-state index is -0.479. The third kappa shape index (κ3) is 3.01. The van der Waals surface area contributed by atoms with Crippen LogP contribution in [0, 0.1) is 11.8 Å². The first-order valence-corrected chi connectivity index (χ1v) is 13.0. The molecule has 0 aromatic heterocycles. The average molecular weight is 497 g/mol. The predicted octanol–water partition coefficient (Wildman–Crippen LogP) is 7.40. The zero-order valence-corrected chi connectivity index (χ0v) is 22.1. The summed E-state index contributed by atoms with van der Waals surface area (Å²) < 4.78 is 32.5. The van der Waals surface area contributed by atoms with Gasteiger partial charge in [-0.05, 0) is 39.8 Å². The minimum absolute atomic E-state index is 0.0662. The van der Waals surface area contributed by atoms with Crippen molar-refractivity contribution in [2.75, 3.05) is 14.2 Å². The van der Waals surface area contributed by atoms with Gasteiger partial charge in [0.1, 0.15) is 34.2 Å². The van der Waals surface area contributed by atoms with Crippen LogP contribution in [0.2, 0.25) is 0 Å². The van der Waals surface area contributed by atoms with Crippen molar-refractivity contribution in [3.63, 3.8) is 0 Å². The van der Waals surface area contributed by atoms with E-state index in [4.69, 9.17) is 23.7 Å². The van der Waals surface area contributed by atoms with E-state index in [1.807, 2.05) is 24.3 Å². The standard InChI is InChI=1S/C32H32O5/c1-31(2)25-26-30(22-16-24(34-6)18-12-8-10-14-20(18)28(22)37-32(26,3)4)35-29(25)21-15-23(33-5)17-11-7-9-13-19(17)27(21)36-31/h7-16,25-26,29-30H,1-6H3/t25-,26-,29-,30+/m1/s1. The van der Waals surface area contributed by atoms with Gasteiger partial charge in [0.25, 0.3) is 0 Å². The van der Waals surface area contributed by atoms with Crippen LogP contribution >= 0.6 is 0 Å². The summed E-state index contributed by atoms with van der Waals surface area (Å²) in [6.45, 7) is 8.74. The Labute approximate surface area is 217 Å². The number of ether oxygens (including phenoxy) is 5. The Morgan fingerprint density at radius 3 is 1.35 bits per heavy atom. The molecule has 3 aliphatic heterocycles. The molecule has 0 amide bonds. The van der Waals surface area contributed by atoms with Gasteiger partial charge in [0.15, 0.2) is 0 Å². The normalized spacial score (nSPS) is 26.3. The lowest BCUT2D eigenvalue weighted by Crippen LogP contribution is -2.53. The lowest BCUT2D eigenvalue weighted by atomic mass is 9.65. The number of hydrogen-bond donors (Lipinski definition) is 0. The van der Waals surface area contributed by atoms with Crippen molar-refractivity contribution in [2.45, 2.75) is 51.1 Å². The van der Waals surface area contributed by atoms with Crippen molar-refractivity contribution < 1.29 is 23.7 Å². The molecule has 190 valence electrons. The van der Waals surface area contributed by atoms with Crippen molar-refractivity contribution in [1.29, 1.82) is 0 Å². The van der Waals surface area contributed by atoms with Crippen molar-refractivity contribution in [3.8, 4) is 23.0 Å². The molecule has 37 heavy (non-hydrogen) atoms. The predicted molar refractivity (Wildman–Crippen MR) is 144 cm³/mol. The van der Waals surface area contributed by atoms with Crippen molar-refractivity contribution >= 4 is 21.5 Å². The maximum atomic E-state index is 7.12. The molecule has 0 saturated carbocycles. The van der Waals surface area contributed by atoms with E-state index in [1.165, 1.54) is 0 Å². The van der Waals surface area contributed by atoms with E-state index in [2.05, 4.69) is 64.1 Å². The van der Waals surface area contributed by atoms with Crippen LogP contribution in [-0.2, 0) is 4.74 Å². The van der Waals surface area contributed by atoms with Gasteiger partial charge in [0, 0.05) is 44.5 Å². The Hall–Kier alpha value is -3.44. The Morgan fingerprint density at radius 2 is 0.973 bits per heavy atom. The highest BCUT2D eigenvalue weighted by Crippen LogP contribution is 2.66. The third-order valence-corrected chi connectivity index (χ3v) is 8.69. The number of rotatable bonds is 2. The van der Waals surface area contributed by atoms with Crippen LogP contribution in [0.4, 0.5) is 0 Å². The number of methoxy groups -OCH3 is 2. The van der Waals surface area contributed by atoms with Gasteiger partial charge >= 0.3 is 0 Å². The van der Waals surface area contributed by atoms with E-state index in [9.17, 15) is 0 Å². The number of hydrogen-bond acceptors (Lipinski definition) is 5. The van der Waals surface area contributed by atoms with E-state index < -0.39 is 11.2 Å². The number of benzene rings is 4. The first-order valence-electron chi connectivity index (χ1n) is 13.0. The molecule has 1 saturated heterocycles. The molecule has 5 nitrogen and oxygen atoms in total. The molecule has 0 radical (unpaired) electrons. The van der Waals surface area contributed by atoms with E-state index in [1.54, 1.807) is 14.2 Å². The summed E-state index contributed by atoms with van der Waals surface area (Å²) in [6.07, 6.45) is -0.336. The van der Waals surface area contributed by atoms with Crippen LogP contribution < -0.4 is 18.9 Å². The molecule has 0 spiro atoms. The SMILES string of the molecule is COc1cc2c(c3ccccc13)OC(C)(C)[C@@H]1[C@@H]3[C@@H](O[C@H]21)c1cc(OC)c2ccccc2c1OC3(C)C. The van der Waals surface area contributed by atoms with Crippen LogP contribution in [0.25, 0.3) is 21.5 Å². The smallest absolute Gasteiger partial charge is 0.134 e. The molecule has 4 aromatic rings. The molecular formula is C32H32O5. The van der Waals surface area contributed by atoms with Gasteiger partial charge in [-0.3, -0.25) is 0 Å². The van der Waals surface area contributed by atoms with Gasteiger partial charge in [0.05, 0.1) is 26.4 Å². The summed E-state index contributed by atoms with van der Waals surface area (Å²) in [7, 11) is 3.44. The highest BCUT2D eigenvalue weighted by atomic mass is 16.6. The van der Waals surface area contributed by atoms with E-state index in [0.29, 0.717) is 0 Å². The van der Waals surface area contributed by atoms with Gasteiger partial charge in [-0.25, -0.2) is 0 Å². The monoisotopic (exact) mass is 496 g/mol. The summed E-state index contributed by atoms with van der Waals surface area (Å²) in [4.78, 5) is 0. The molecule has 4 aromatic carbocycles. The molecule has 0 unspecified atom stereocenters. The van der Waals surface area contributed by atoms with Crippen LogP contribution in [0.3, 0.4) is 0 Å². The van der Waals surface area contributed by atoms with Gasteiger partial charge in [0.2, 0.25) is 0 Å². The summed E-state index contributed by atoms with van der Waals surface area (Å²) in [5.74, 6) is 3.57. The first kappa shape index (κ1) is 22.7. The van der Waals surface area contributed by atoms with Crippen LogP contribution in [0.1, 0.15) is 51.0 Å². The van der Waals surface area contributed by atoms with Crippen LogP contribution in [-0.4, -0.2) is 25.4 Å². The summed E-state index contributed by atoms with van der Waals surface area (Å²) in [5.41, 5.74) is 1.12. The second kappa shape index (κ2) is 7.55. The second-order valence-electron chi connectivity index (χ2n) is 11.5. The maximum Gasteiger partial charge on any atom is 0.134 e. The zero-order chi connectivity index (χ0) is 25.7. The second-order valence-corrected chi connectivity index (χ2v) is 11.5. The fourth-order valence-electron chi connectivity index (χ4n) is 7.15. The van der Waals surface area contributed by atoms with Gasteiger partial charge in [-0.2, -0.15) is 0 Å². The molecule has 0 aliphatic carbocycles. The van der Waals surface area contributed by atoms with Gasteiger partial charge in [-0.1, -0.05) is 48.5 Å². The van der Waals surface area contributed by atoms with Crippen molar-refractivity contribution in [3.05, 3.63) is 71.8 Å². The summed E-state index contributed by atoms with van der Waals surface area (Å²) >= 11 is 0. The Bertz CT molecular complexity index is 1450. The van der Waals surface area contributed by atoms with Gasteiger partial charge in [-0.15, -0.1) is 0 Å². The lowest BCUT2D eigenvalue weighted by molar-refractivity contribution is -0.0676. The van der Waals surface area contributed by atoms with E-state index in [-0.39, 0.29) is 24.0 Å². The Balaban J connectivity index is 1.47. The summed E-state index contributed by atoms with van der Waals surface area (Å²) in [5, 5.41) is 4.17. The highest BCUT2D eigenvalue weighted by molar-refractivity contribution is 5.96. The topological polar surface area (TPSA) is 46.2 Å². The molecule has 0 bridgehead atoms. The molecule has 1 fully saturated rings. The Kier molecular flexibility index (Phi) is 4.64. The Morgan fingerprint density at radius 1 is 0.595 bits per heavy atom.